The topological polar surface area (TPSA) is 48.5 Å². The smallest absolute Gasteiger partial charge is 0.267 e. The zero-order chi connectivity index (χ0) is 19.4. The molecule has 3 rings (SSSR count). The van der Waals surface area contributed by atoms with E-state index < -0.39 is 0 Å². The number of rotatable bonds is 6. The quantitative estimate of drug-likeness (QED) is 0.823. The lowest BCUT2D eigenvalue weighted by atomic mass is 10.1. The van der Waals surface area contributed by atoms with Gasteiger partial charge in [0.05, 0.1) is 10.7 Å². The van der Waals surface area contributed by atoms with Crippen LogP contribution in [0.4, 0.5) is 5.69 Å². The predicted octanol–water partition coefficient (Wildman–Crippen LogP) is 3.65. The Labute approximate surface area is 166 Å². The standard InChI is InChI=1S/C21H30N4OS/c1-15(2)13-19-22-16(3)20(27-19)21(26)23-18-7-5-17(6-8-18)14-25-11-9-24(4)10-12-25/h5-8,15H,9-14H2,1-4H3,(H,23,26). The third-order valence-corrected chi connectivity index (χ3v) is 6.02. The number of nitrogens with one attached hydrogen (secondary N) is 1. The van der Waals surface area contributed by atoms with E-state index in [0.29, 0.717) is 10.8 Å². The Bertz CT molecular complexity index is 761. The van der Waals surface area contributed by atoms with Crippen LogP contribution in [-0.2, 0) is 13.0 Å². The van der Waals surface area contributed by atoms with E-state index in [2.05, 4.69) is 53.1 Å². The maximum atomic E-state index is 12.6. The van der Waals surface area contributed by atoms with Gasteiger partial charge in [-0.25, -0.2) is 4.98 Å². The summed E-state index contributed by atoms with van der Waals surface area (Å²) in [5, 5.41) is 4.05. The van der Waals surface area contributed by atoms with Gasteiger partial charge < -0.3 is 10.2 Å². The van der Waals surface area contributed by atoms with E-state index >= 15 is 0 Å². The largest absolute Gasteiger partial charge is 0.321 e. The van der Waals surface area contributed by atoms with Crippen molar-refractivity contribution >= 4 is 22.9 Å². The lowest BCUT2D eigenvalue weighted by Crippen LogP contribution is -2.43. The van der Waals surface area contributed by atoms with Crippen molar-refractivity contribution in [1.29, 1.82) is 0 Å². The van der Waals surface area contributed by atoms with Gasteiger partial charge >= 0.3 is 0 Å². The van der Waals surface area contributed by atoms with Crippen molar-refractivity contribution in [2.24, 2.45) is 5.92 Å². The van der Waals surface area contributed by atoms with Crippen LogP contribution in [-0.4, -0.2) is 53.9 Å². The van der Waals surface area contributed by atoms with Crippen LogP contribution < -0.4 is 5.32 Å². The number of anilines is 1. The number of benzene rings is 1. The van der Waals surface area contributed by atoms with Crippen molar-refractivity contribution in [1.82, 2.24) is 14.8 Å². The van der Waals surface area contributed by atoms with Gasteiger partial charge in [-0.3, -0.25) is 9.69 Å². The SMILES string of the molecule is Cc1nc(CC(C)C)sc1C(=O)Nc1ccc(CN2CCN(C)CC2)cc1. The molecule has 1 aliphatic rings. The molecule has 5 nitrogen and oxygen atoms in total. The molecule has 2 aromatic rings. The van der Waals surface area contributed by atoms with Crippen LogP contribution in [0.5, 0.6) is 0 Å². The van der Waals surface area contributed by atoms with E-state index in [1.54, 1.807) is 0 Å². The molecular formula is C21H30N4OS. The molecule has 2 heterocycles. The van der Waals surface area contributed by atoms with Crippen LogP contribution in [0.1, 0.15) is 39.8 Å². The normalized spacial score (nSPS) is 16.0. The molecule has 0 radical (unpaired) electrons. The first-order chi connectivity index (χ1) is 12.9. The van der Waals surface area contributed by atoms with E-state index in [1.165, 1.54) is 16.9 Å². The molecule has 1 aromatic heterocycles. The fourth-order valence-electron chi connectivity index (χ4n) is 3.25. The first-order valence-electron chi connectivity index (χ1n) is 9.68. The van der Waals surface area contributed by atoms with Gasteiger partial charge in [-0.1, -0.05) is 26.0 Å². The predicted molar refractivity (Wildman–Crippen MR) is 113 cm³/mol. The van der Waals surface area contributed by atoms with Crippen molar-refractivity contribution < 1.29 is 4.79 Å². The fourth-order valence-corrected chi connectivity index (χ4v) is 4.42. The highest BCUT2D eigenvalue weighted by Gasteiger charge is 2.17. The lowest BCUT2D eigenvalue weighted by molar-refractivity contribution is 0.103. The zero-order valence-corrected chi connectivity index (χ0v) is 17.6. The summed E-state index contributed by atoms with van der Waals surface area (Å²) in [6, 6.07) is 8.21. The van der Waals surface area contributed by atoms with Gasteiger partial charge in [-0.05, 0) is 37.6 Å². The number of likely N-dealkylation sites (N-methyl/N-ethyl adjacent to an activating group) is 1. The van der Waals surface area contributed by atoms with Gasteiger partial charge in [0, 0.05) is 44.8 Å². The highest BCUT2D eigenvalue weighted by molar-refractivity contribution is 7.13. The van der Waals surface area contributed by atoms with Crippen LogP contribution in [0, 0.1) is 12.8 Å². The number of nitrogens with zero attached hydrogens (tertiary/aromatic N) is 3. The Morgan fingerprint density at radius 1 is 1.19 bits per heavy atom. The summed E-state index contributed by atoms with van der Waals surface area (Å²) in [7, 11) is 2.17. The number of aromatic nitrogens is 1. The Balaban J connectivity index is 1.58. The minimum absolute atomic E-state index is 0.0631. The van der Waals surface area contributed by atoms with Crippen LogP contribution in [0.25, 0.3) is 0 Å². The minimum Gasteiger partial charge on any atom is -0.321 e. The first kappa shape index (κ1) is 20.0. The Morgan fingerprint density at radius 3 is 2.48 bits per heavy atom. The summed E-state index contributed by atoms with van der Waals surface area (Å²) in [5.74, 6) is 0.478. The second-order valence-electron chi connectivity index (χ2n) is 7.85. The van der Waals surface area contributed by atoms with Crippen LogP contribution in [0.2, 0.25) is 0 Å². The number of piperazine rings is 1. The third kappa shape index (κ3) is 5.61. The monoisotopic (exact) mass is 386 g/mol. The zero-order valence-electron chi connectivity index (χ0n) is 16.8. The molecule has 6 heteroatoms. The molecular weight excluding hydrogens is 356 g/mol. The summed E-state index contributed by atoms with van der Waals surface area (Å²) < 4.78 is 0. The van der Waals surface area contributed by atoms with Crippen molar-refractivity contribution in [3.63, 3.8) is 0 Å². The molecule has 1 fully saturated rings. The van der Waals surface area contributed by atoms with Gasteiger partial charge in [-0.15, -0.1) is 11.3 Å². The molecule has 1 aromatic carbocycles. The number of thiazole rings is 1. The third-order valence-electron chi connectivity index (χ3n) is 4.84. The lowest BCUT2D eigenvalue weighted by Gasteiger charge is -2.32. The van der Waals surface area contributed by atoms with Crippen LogP contribution in [0.3, 0.4) is 0 Å². The van der Waals surface area contributed by atoms with E-state index in [9.17, 15) is 4.79 Å². The molecule has 1 N–H and O–H groups in total. The molecule has 0 unspecified atom stereocenters. The van der Waals surface area contributed by atoms with Crippen LogP contribution in [0.15, 0.2) is 24.3 Å². The van der Waals surface area contributed by atoms with Gasteiger partial charge in [0.15, 0.2) is 0 Å². The average Bonchev–Trinajstić information content (AvgIpc) is 2.98. The second-order valence-corrected chi connectivity index (χ2v) is 8.93. The van der Waals surface area contributed by atoms with Gasteiger partial charge in [0.1, 0.15) is 4.88 Å². The van der Waals surface area contributed by atoms with Gasteiger partial charge in [0.25, 0.3) is 5.91 Å². The molecule has 0 saturated carbocycles. The fraction of sp³-hybridized carbons (Fsp3) is 0.524. The first-order valence-corrected chi connectivity index (χ1v) is 10.5. The molecule has 0 aliphatic carbocycles. The molecule has 1 saturated heterocycles. The Morgan fingerprint density at radius 2 is 1.85 bits per heavy atom. The summed E-state index contributed by atoms with van der Waals surface area (Å²) in [5.41, 5.74) is 2.94. The van der Waals surface area contributed by atoms with Crippen molar-refractivity contribution in [3.05, 3.63) is 45.4 Å². The van der Waals surface area contributed by atoms with E-state index in [1.807, 2.05) is 19.1 Å². The number of carbonyl (C=O) groups is 1. The van der Waals surface area contributed by atoms with E-state index in [4.69, 9.17) is 0 Å². The molecule has 0 spiro atoms. The van der Waals surface area contributed by atoms with Crippen molar-refractivity contribution in [2.45, 2.75) is 33.7 Å². The van der Waals surface area contributed by atoms with Crippen LogP contribution >= 0.6 is 11.3 Å². The number of aryl methyl sites for hydroxylation is 1. The maximum absolute atomic E-state index is 12.6. The van der Waals surface area contributed by atoms with E-state index in [0.717, 1.165) is 55.5 Å². The summed E-state index contributed by atoms with van der Waals surface area (Å²) in [4.78, 5) is 22.7. The minimum atomic E-state index is -0.0631. The highest BCUT2D eigenvalue weighted by Crippen LogP contribution is 2.22. The molecule has 146 valence electrons. The molecule has 27 heavy (non-hydrogen) atoms. The summed E-state index contributed by atoms with van der Waals surface area (Å²) >= 11 is 1.51. The van der Waals surface area contributed by atoms with Crippen molar-refractivity contribution in [2.75, 3.05) is 38.5 Å². The summed E-state index contributed by atoms with van der Waals surface area (Å²) in [6.45, 7) is 11.7. The maximum Gasteiger partial charge on any atom is 0.267 e. The summed E-state index contributed by atoms with van der Waals surface area (Å²) in [6.07, 6.45) is 0.916. The number of carbonyl (C=O) groups excluding carboxylic acids is 1. The Kier molecular flexibility index (Phi) is 6.63. The van der Waals surface area contributed by atoms with Gasteiger partial charge in [0.2, 0.25) is 0 Å². The number of hydrogen-bond donors (Lipinski definition) is 1. The van der Waals surface area contributed by atoms with Crippen molar-refractivity contribution in [3.8, 4) is 0 Å². The highest BCUT2D eigenvalue weighted by atomic mass is 32.1. The second kappa shape index (κ2) is 8.95. The molecule has 1 amide bonds. The molecule has 0 bridgehead atoms. The number of amides is 1. The molecule has 0 atom stereocenters. The molecule has 1 aliphatic heterocycles. The number of hydrogen-bond acceptors (Lipinski definition) is 5. The van der Waals surface area contributed by atoms with E-state index in [-0.39, 0.29) is 5.91 Å². The van der Waals surface area contributed by atoms with Gasteiger partial charge in [-0.2, -0.15) is 0 Å². The Hall–Kier alpha value is -1.76. The average molecular weight is 387 g/mol.